The number of nitriles is 1. The third-order valence-corrected chi connectivity index (χ3v) is 5.45. The minimum atomic E-state index is -4.61. The van der Waals surface area contributed by atoms with Crippen LogP contribution in [-0.2, 0) is 15.8 Å². The molecule has 4 rings (SSSR count). The second-order valence-electron chi connectivity index (χ2n) is 7.74. The van der Waals surface area contributed by atoms with Gasteiger partial charge in [0.2, 0.25) is 0 Å². The van der Waals surface area contributed by atoms with Gasteiger partial charge in [0, 0.05) is 42.8 Å². The maximum Gasteiger partial charge on any atom is 0.417 e. The lowest BCUT2D eigenvalue weighted by Gasteiger charge is -2.31. The maximum atomic E-state index is 13.5. The van der Waals surface area contributed by atoms with E-state index in [1.54, 1.807) is 6.07 Å². The SMILES string of the molecule is CN1CCN(C(=O)C(=O)Nc2ccc3cc(-c4cc(C#N)ccc4C(F)(F)F)[nH]c3n2)CC1. The Morgan fingerprint density at radius 1 is 1.12 bits per heavy atom. The Morgan fingerprint density at radius 2 is 1.85 bits per heavy atom. The number of likely N-dealkylation sites (N-methyl/N-ethyl adjacent to an activating group) is 1. The molecule has 1 aliphatic heterocycles. The lowest BCUT2D eigenvalue weighted by molar-refractivity contribution is -0.144. The number of H-pyrrole nitrogens is 1. The summed E-state index contributed by atoms with van der Waals surface area (Å²) in [4.78, 5) is 35.3. The predicted octanol–water partition coefficient (Wildman–Crippen LogP) is 2.83. The van der Waals surface area contributed by atoms with Crippen molar-refractivity contribution in [3.63, 3.8) is 0 Å². The number of aromatic amines is 1. The first kappa shape index (κ1) is 22.3. The largest absolute Gasteiger partial charge is 0.417 e. The van der Waals surface area contributed by atoms with Crippen molar-refractivity contribution < 1.29 is 22.8 Å². The fraction of sp³-hybridized carbons (Fsp3) is 0.273. The number of carbonyl (C=O) groups excluding carboxylic acids is 2. The van der Waals surface area contributed by atoms with E-state index in [1.807, 2.05) is 13.1 Å². The van der Waals surface area contributed by atoms with Crippen molar-refractivity contribution in [2.45, 2.75) is 6.18 Å². The number of amides is 2. The van der Waals surface area contributed by atoms with Crippen LogP contribution in [0.4, 0.5) is 19.0 Å². The van der Waals surface area contributed by atoms with Crippen LogP contribution in [0.1, 0.15) is 11.1 Å². The van der Waals surface area contributed by atoms with E-state index in [0.29, 0.717) is 31.6 Å². The van der Waals surface area contributed by atoms with E-state index in [-0.39, 0.29) is 28.3 Å². The minimum Gasteiger partial charge on any atom is -0.339 e. The van der Waals surface area contributed by atoms with Gasteiger partial charge in [0.1, 0.15) is 11.5 Å². The van der Waals surface area contributed by atoms with E-state index >= 15 is 0 Å². The summed E-state index contributed by atoms with van der Waals surface area (Å²) in [7, 11) is 1.93. The summed E-state index contributed by atoms with van der Waals surface area (Å²) >= 11 is 0. The Bertz CT molecular complexity index is 1270. The van der Waals surface area contributed by atoms with Gasteiger partial charge in [0.25, 0.3) is 0 Å². The van der Waals surface area contributed by atoms with E-state index in [2.05, 4.69) is 20.2 Å². The highest BCUT2D eigenvalue weighted by molar-refractivity contribution is 6.39. The minimum absolute atomic E-state index is 0.0833. The number of nitrogens with one attached hydrogen (secondary N) is 2. The molecule has 2 N–H and O–H groups in total. The molecule has 2 amide bonds. The third-order valence-electron chi connectivity index (χ3n) is 5.45. The Kier molecular flexibility index (Phi) is 5.78. The van der Waals surface area contributed by atoms with Crippen LogP contribution in [0.15, 0.2) is 36.4 Å². The molecule has 1 aromatic carbocycles. The van der Waals surface area contributed by atoms with Crippen molar-refractivity contribution in [1.29, 1.82) is 5.26 Å². The number of rotatable bonds is 2. The van der Waals surface area contributed by atoms with E-state index < -0.39 is 23.6 Å². The second kappa shape index (κ2) is 8.55. The number of alkyl halides is 3. The zero-order chi connectivity index (χ0) is 23.8. The summed E-state index contributed by atoms with van der Waals surface area (Å²) in [6.45, 7) is 2.22. The molecule has 3 aromatic rings. The highest BCUT2D eigenvalue weighted by Gasteiger charge is 2.34. The molecule has 0 atom stereocenters. The van der Waals surface area contributed by atoms with Crippen LogP contribution < -0.4 is 5.32 Å². The van der Waals surface area contributed by atoms with Gasteiger partial charge in [-0.3, -0.25) is 9.59 Å². The van der Waals surface area contributed by atoms with Crippen molar-refractivity contribution in [3.05, 3.63) is 47.5 Å². The number of halogens is 3. The van der Waals surface area contributed by atoms with Gasteiger partial charge in [-0.05, 0) is 43.4 Å². The average Bonchev–Trinajstić information content (AvgIpc) is 3.21. The predicted molar refractivity (Wildman–Crippen MR) is 114 cm³/mol. The number of hydrogen-bond donors (Lipinski definition) is 2. The van der Waals surface area contributed by atoms with Crippen LogP contribution in [0.5, 0.6) is 0 Å². The molecule has 8 nitrogen and oxygen atoms in total. The smallest absolute Gasteiger partial charge is 0.339 e. The number of benzene rings is 1. The van der Waals surface area contributed by atoms with Gasteiger partial charge in [0.15, 0.2) is 0 Å². The van der Waals surface area contributed by atoms with Crippen molar-refractivity contribution in [2.75, 3.05) is 38.5 Å². The van der Waals surface area contributed by atoms with Gasteiger partial charge < -0.3 is 20.1 Å². The van der Waals surface area contributed by atoms with Gasteiger partial charge in [0.05, 0.1) is 17.2 Å². The summed E-state index contributed by atoms with van der Waals surface area (Å²) in [5, 5.41) is 12.0. The first-order valence-electron chi connectivity index (χ1n) is 10.1. The zero-order valence-corrected chi connectivity index (χ0v) is 17.5. The molecular weight excluding hydrogens is 437 g/mol. The summed E-state index contributed by atoms with van der Waals surface area (Å²) in [5.74, 6) is -1.41. The summed E-state index contributed by atoms with van der Waals surface area (Å²) in [6, 6.07) is 9.48. The number of anilines is 1. The molecule has 33 heavy (non-hydrogen) atoms. The monoisotopic (exact) mass is 456 g/mol. The molecule has 1 aliphatic rings. The molecule has 0 bridgehead atoms. The fourth-order valence-corrected chi connectivity index (χ4v) is 3.63. The molecule has 0 radical (unpaired) electrons. The molecule has 0 aliphatic carbocycles. The Hall–Kier alpha value is -3.91. The standard InChI is InChI=1S/C22H19F3N6O2/c1-30-6-8-31(9-7-30)21(33)20(32)29-18-5-3-14-11-17(27-19(14)28-18)15-10-13(12-26)2-4-16(15)22(23,24)25/h2-5,10-11H,6-9H2,1H3,(H2,27,28,29,32). The van der Waals surface area contributed by atoms with Gasteiger partial charge in [-0.15, -0.1) is 0 Å². The lowest BCUT2D eigenvalue weighted by Crippen LogP contribution is -2.50. The quantitative estimate of drug-likeness (QED) is 0.577. The van der Waals surface area contributed by atoms with Crippen LogP contribution in [0.2, 0.25) is 0 Å². The van der Waals surface area contributed by atoms with Gasteiger partial charge >= 0.3 is 18.0 Å². The van der Waals surface area contributed by atoms with Gasteiger partial charge in [-0.25, -0.2) is 4.98 Å². The molecule has 0 spiro atoms. The molecule has 0 unspecified atom stereocenters. The van der Waals surface area contributed by atoms with Crippen LogP contribution in [0.3, 0.4) is 0 Å². The van der Waals surface area contributed by atoms with E-state index in [0.717, 1.165) is 18.2 Å². The molecule has 1 saturated heterocycles. The highest BCUT2D eigenvalue weighted by Crippen LogP contribution is 2.38. The normalized spacial score (nSPS) is 14.8. The summed E-state index contributed by atoms with van der Waals surface area (Å²) < 4.78 is 40.5. The number of hydrogen-bond acceptors (Lipinski definition) is 5. The molecule has 1 fully saturated rings. The number of pyridine rings is 1. The summed E-state index contributed by atoms with van der Waals surface area (Å²) in [5.41, 5.74) is -0.640. The van der Waals surface area contributed by atoms with E-state index in [9.17, 15) is 22.8 Å². The van der Waals surface area contributed by atoms with Crippen molar-refractivity contribution >= 4 is 28.7 Å². The van der Waals surface area contributed by atoms with Crippen LogP contribution >= 0.6 is 0 Å². The topological polar surface area (TPSA) is 105 Å². The van der Waals surface area contributed by atoms with Gasteiger partial charge in [-0.2, -0.15) is 18.4 Å². The molecule has 0 saturated carbocycles. The van der Waals surface area contributed by atoms with Crippen molar-refractivity contribution in [2.24, 2.45) is 0 Å². The molecule has 2 aromatic heterocycles. The molecular formula is C22H19F3N6O2. The number of aromatic nitrogens is 2. The van der Waals surface area contributed by atoms with Crippen LogP contribution in [-0.4, -0.2) is 64.8 Å². The van der Waals surface area contributed by atoms with Crippen molar-refractivity contribution in [1.82, 2.24) is 19.8 Å². The average molecular weight is 456 g/mol. The molecule has 3 heterocycles. The number of nitrogens with zero attached hydrogens (tertiary/aromatic N) is 4. The summed E-state index contributed by atoms with van der Waals surface area (Å²) in [6.07, 6.45) is -4.61. The van der Waals surface area contributed by atoms with Crippen LogP contribution in [0.25, 0.3) is 22.3 Å². The second-order valence-corrected chi connectivity index (χ2v) is 7.74. The number of fused-ring (bicyclic) bond motifs is 1. The Labute approximate surface area is 186 Å². The number of carbonyl (C=O) groups is 2. The van der Waals surface area contributed by atoms with E-state index in [1.165, 1.54) is 17.0 Å². The fourth-order valence-electron chi connectivity index (χ4n) is 3.63. The Morgan fingerprint density at radius 3 is 2.52 bits per heavy atom. The van der Waals surface area contributed by atoms with Crippen LogP contribution in [0, 0.1) is 11.3 Å². The third kappa shape index (κ3) is 4.65. The first-order valence-corrected chi connectivity index (χ1v) is 10.1. The van der Waals surface area contributed by atoms with Gasteiger partial charge in [-0.1, -0.05) is 0 Å². The molecule has 170 valence electrons. The Balaban J connectivity index is 1.59. The number of piperazine rings is 1. The highest BCUT2D eigenvalue weighted by atomic mass is 19.4. The maximum absolute atomic E-state index is 13.5. The molecule has 11 heteroatoms. The lowest BCUT2D eigenvalue weighted by atomic mass is 10.0. The zero-order valence-electron chi connectivity index (χ0n) is 17.5. The van der Waals surface area contributed by atoms with Crippen molar-refractivity contribution in [3.8, 4) is 17.3 Å². The first-order chi connectivity index (χ1) is 15.7. The van der Waals surface area contributed by atoms with E-state index in [4.69, 9.17) is 5.26 Å².